The van der Waals surface area contributed by atoms with E-state index in [-0.39, 0.29) is 37.4 Å². The Bertz CT molecular complexity index is 1070. The van der Waals surface area contributed by atoms with E-state index in [1.165, 1.54) is 9.80 Å². The van der Waals surface area contributed by atoms with Crippen molar-refractivity contribution < 1.29 is 14.4 Å². The predicted molar refractivity (Wildman–Crippen MR) is 109 cm³/mol. The molecule has 1 N–H and O–H groups in total. The molecule has 8 heteroatoms. The minimum atomic E-state index is -0.307. The molecule has 0 radical (unpaired) electrons. The maximum Gasteiger partial charge on any atom is 0.326 e. The Hall–Kier alpha value is -3.68. The topological polar surface area (TPSA) is 87.5 Å². The van der Waals surface area contributed by atoms with Crippen LogP contribution in [0.2, 0.25) is 0 Å². The van der Waals surface area contributed by atoms with Crippen LogP contribution < -0.4 is 5.32 Å². The van der Waals surface area contributed by atoms with Gasteiger partial charge >= 0.3 is 6.03 Å². The Morgan fingerprint density at radius 3 is 2.59 bits per heavy atom. The van der Waals surface area contributed by atoms with E-state index in [4.69, 9.17) is 0 Å². The third kappa shape index (κ3) is 3.82. The van der Waals surface area contributed by atoms with Crippen LogP contribution in [0.3, 0.4) is 0 Å². The number of urea groups is 1. The molecular formula is C21H21N5O3. The number of rotatable bonds is 6. The molecule has 2 heterocycles. The number of amides is 4. The maximum atomic E-state index is 12.2. The summed E-state index contributed by atoms with van der Waals surface area (Å²) < 4.78 is 1.99. The van der Waals surface area contributed by atoms with E-state index in [0.717, 1.165) is 16.7 Å². The Morgan fingerprint density at radius 2 is 1.86 bits per heavy atom. The summed E-state index contributed by atoms with van der Waals surface area (Å²) in [4.78, 5) is 42.7. The van der Waals surface area contributed by atoms with E-state index in [9.17, 15) is 14.4 Å². The summed E-state index contributed by atoms with van der Waals surface area (Å²) in [5.74, 6) is -0.376. The molecule has 148 valence electrons. The van der Waals surface area contributed by atoms with Crippen molar-refractivity contribution in [3.63, 3.8) is 0 Å². The van der Waals surface area contributed by atoms with Crippen LogP contribution in [0.1, 0.15) is 12.8 Å². The second-order valence-corrected chi connectivity index (χ2v) is 6.99. The second-order valence-electron chi connectivity index (χ2n) is 6.99. The number of benzene rings is 2. The number of hydrogen-bond donors (Lipinski definition) is 1. The lowest BCUT2D eigenvalue weighted by molar-refractivity contribution is -0.125. The smallest absolute Gasteiger partial charge is 0.326 e. The summed E-state index contributed by atoms with van der Waals surface area (Å²) in [5.41, 5.74) is 3.58. The lowest BCUT2D eigenvalue weighted by atomic mass is 10.2. The number of aromatic nitrogens is 2. The summed E-state index contributed by atoms with van der Waals surface area (Å²) >= 11 is 0. The van der Waals surface area contributed by atoms with Crippen molar-refractivity contribution in [1.29, 1.82) is 0 Å². The van der Waals surface area contributed by atoms with Crippen molar-refractivity contribution in [2.45, 2.75) is 12.8 Å². The summed E-state index contributed by atoms with van der Waals surface area (Å²) in [5, 5.41) is 2.85. The zero-order valence-electron chi connectivity index (χ0n) is 16.0. The van der Waals surface area contributed by atoms with Crippen LogP contribution >= 0.6 is 0 Å². The van der Waals surface area contributed by atoms with Crippen LogP contribution in [0.15, 0.2) is 54.9 Å². The normalized spacial score (nSPS) is 14.1. The first-order valence-corrected chi connectivity index (χ1v) is 9.41. The van der Waals surface area contributed by atoms with E-state index >= 15 is 0 Å². The van der Waals surface area contributed by atoms with Gasteiger partial charge in [0.05, 0.1) is 11.0 Å². The van der Waals surface area contributed by atoms with Gasteiger partial charge in [0.25, 0.3) is 0 Å². The van der Waals surface area contributed by atoms with Crippen molar-refractivity contribution in [3.8, 4) is 5.69 Å². The Labute approximate surface area is 167 Å². The van der Waals surface area contributed by atoms with E-state index in [1.807, 2.05) is 53.1 Å². The van der Waals surface area contributed by atoms with Crippen molar-refractivity contribution in [1.82, 2.24) is 19.4 Å². The molecule has 1 aromatic heterocycles. The molecule has 0 spiro atoms. The zero-order chi connectivity index (χ0) is 20.4. The molecule has 0 aliphatic carbocycles. The Kier molecular flexibility index (Phi) is 4.99. The highest BCUT2D eigenvalue weighted by Crippen LogP contribution is 2.19. The van der Waals surface area contributed by atoms with Gasteiger partial charge in [-0.1, -0.05) is 12.1 Å². The summed E-state index contributed by atoms with van der Waals surface area (Å²) in [6, 6.07) is 15.1. The SMILES string of the molecule is CN1CC(=O)N(CCCC(=O)Nc2ccc(-n3cnc4ccccc43)cc2)C1=O. The fourth-order valence-corrected chi connectivity index (χ4v) is 3.38. The molecule has 0 saturated carbocycles. The standard InChI is InChI=1S/C21H21N5O3/c1-24-13-20(28)25(21(24)29)12-4-7-19(27)23-15-8-10-16(11-9-15)26-14-22-17-5-2-3-6-18(17)26/h2-3,5-6,8-11,14H,4,7,12-13H2,1H3,(H,23,27). The predicted octanol–water partition coefficient (Wildman–Crippen LogP) is 2.64. The number of fused-ring (bicyclic) bond motifs is 1. The number of carbonyl (C=O) groups is 3. The molecule has 0 atom stereocenters. The van der Waals surface area contributed by atoms with E-state index in [0.29, 0.717) is 12.1 Å². The number of anilines is 1. The van der Waals surface area contributed by atoms with Crippen LogP contribution in [0.5, 0.6) is 0 Å². The molecule has 1 fully saturated rings. The van der Waals surface area contributed by atoms with Crippen molar-refractivity contribution >= 4 is 34.6 Å². The first-order chi connectivity index (χ1) is 14.0. The van der Waals surface area contributed by atoms with E-state index < -0.39 is 0 Å². The van der Waals surface area contributed by atoms with Gasteiger partial charge in [0.2, 0.25) is 11.8 Å². The Balaban J connectivity index is 1.32. The molecule has 1 aliphatic rings. The lowest BCUT2D eigenvalue weighted by Gasteiger charge is -2.13. The van der Waals surface area contributed by atoms with Gasteiger partial charge in [0.1, 0.15) is 12.9 Å². The third-order valence-corrected chi connectivity index (χ3v) is 4.90. The minimum Gasteiger partial charge on any atom is -0.326 e. The number of hydrogen-bond acceptors (Lipinski definition) is 4. The monoisotopic (exact) mass is 391 g/mol. The molecule has 4 rings (SSSR count). The molecule has 0 unspecified atom stereocenters. The largest absolute Gasteiger partial charge is 0.326 e. The average Bonchev–Trinajstić information content (AvgIpc) is 3.25. The molecule has 29 heavy (non-hydrogen) atoms. The van der Waals surface area contributed by atoms with Crippen LogP contribution in [0.25, 0.3) is 16.7 Å². The van der Waals surface area contributed by atoms with Gasteiger partial charge < -0.3 is 10.2 Å². The molecule has 8 nitrogen and oxygen atoms in total. The molecule has 2 aromatic carbocycles. The average molecular weight is 391 g/mol. The van der Waals surface area contributed by atoms with Crippen LogP contribution in [0.4, 0.5) is 10.5 Å². The van der Waals surface area contributed by atoms with Gasteiger partial charge in [-0.2, -0.15) is 0 Å². The molecule has 1 aliphatic heterocycles. The van der Waals surface area contributed by atoms with Crippen LogP contribution in [-0.2, 0) is 9.59 Å². The molecule has 3 aromatic rings. The maximum absolute atomic E-state index is 12.2. The van der Waals surface area contributed by atoms with Gasteiger partial charge in [-0.15, -0.1) is 0 Å². The molecule has 0 bridgehead atoms. The molecule has 4 amide bonds. The van der Waals surface area contributed by atoms with E-state index in [1.54, 1.807) is 13.4 Å². The minimum absolute atomic E-state index is 0.101. The number of nitrogens with zero attached hydrogens (tertiary/aromatic N) is 4. The number of likely N-dealkylation sites (N-methyl/N-ethyl adjacent to an activating group) is 1. The second kappa shape index (κ2) is 7.75. The van der Waals surface area contributed by atoms with Crippen LogP contribution in [0, 0.1) is 0 Å². The van der Waals surface area contributed by atoms with Gasteiger partial charge in [0, 0.05) is 31.4 Å². The number of nitrogens with one attached hydrogen (secondary N) is 1. The number of carbonyl (C=O) groups excluding carboxylic acids is 3. The lowest BCUT2D eigenvalue weighted by Crippen LogP contribution is -2.32. The third-order valence-electron chi connectivity index (χ3n) is 4.90. The Morgan fingerprint density at radius 1 is 1.10 bits per heavy atom. The number of imidazole rings is 1. The quantitative estimate of drug-likeness (QED) is 0.655. The zero-order valence-corrected chi connectivity index (χ0v) is 16.0. The summed E-state index contributed by atoms with van der Waals surface area (Å²) in [6.07, 6.45) is 2.43. The van der Waals surface area contributed by atoms with E-state index in [2.05, 4.69) is 10.3 Å². The summed E-state index contributed by atoms with van der Waals surface area (Å²) in [7, 11) is 1.59. The van der Waals surface area contributed by atoms with Crippen molar-refractivity contribution in [2.75, 3.05) is 25.5 Å². The van der Waals surface area contributed by atoms with Crippen molar-refractivity contribution in [2.24, 2.45) is 0 Å². The van der Waals surface area contributed by atoms with Crippen LogP contribution in [-0.4, -0.2) is 57.3 Å². The first-order valence-electron chi connectivity index (χ1n) is 9.41. The van der Waals surface area contributed by atoms with Gasteiger partial charge in [-0.3, -0.25) is 19.1 Å². The highest BCUT2D eigenvalue weighted by molar-refractivity contribution is 6.01. The first kappa shape index (κ1) is 18.7. The molecule has 1 saturated heterocycles. The molecular weight excluding hydrogens is 370 g/mol. The fraction of sp³-hybridized carbons (Fsp3) is 0.238. The highest BCUT2D eigenvalue weighted by atomic mass is 16.2. The number of imide groups is 1. The van der Waals surface area contributed by atoms with Gasteiger partial charge in [-0.05, 0) is 42.8 Å². The van der Waals surface area contributed by atoms with Gasteiger partial charge in [0.15, 0.2) is 0 Å². The number of para-hydroxylation sites is 2. The van der Waals surface area contributed by atoms with Crippen molar-refractivity contribution in [3.05, 3.63) is 54.9 Å². The fourth-order valence-electron chi connectivity index (χ4n) is 3.38. The highest BCUT2D eigenvalue weighted by Gasteiger charge is 2.32. The summed E-state index contributed by atoms with van der Waals surface area (Å²) in [6.45, 7) is 0.353. The van der Waals surface area contributed by atoms with Gasteiger partial charge in [-0.25, -0.2) is 9.78 Å².